The molecule has 17 heteroatoms. The second kappa shape index (κ2) is 22.0. The van der Waals surface area contributed by atoms with E-state index in [0.29, 0.717) is 16.9 Å². The first-order valence-electron chi connectivity index (χ1n) is 16.2. The number of piperidine rings is 1. The molecule has 1 saturated heterocycles. The zero-order valence-electron chi connectivity index (χ0n) is 29.2. The molecule has 1 fully saturated rings. The molecule has 0 aromatic heterocycles. The average Bonchev–Trinajstić information content (AvgIpc) is 3.09. The van der Waals surface area contributed by atoms with Crippen molar-refractivity contribution in [3.63, 3.8) is 0 Å². The Kier molecular flexibility index (Phi) is 18.6. The third-order valence-corrected chi connectivity index (χ3v) is 9.60. The van der Waals surface area contributed by atoms with Crippen LogP contribution < -0.4 is 14.8 Å². The van der Waals surface area contributed by atoms with Crippen molar-refractivity contribution < 1.29 is 41.7 Å². The van der Waals surface area contributed by atoms with Crippen LogP contribution >= 0.6 is 36.4 Å². The third kappa shape index (κ3) is 14.5. The molecule has 1 amide bonds. The highest BCUT2D eigenvalue weighted by Gasteiger charge is 2.27. The molecule has 3 aromatic carbocycles. The third-order valence-electron chi connectivity index (χ3n) is 7.67. The van der Waals surface area contributed by atoms with Gasteiger partial charge in [-0.1, -0.05) is 72.3 Å². The van der Waals surface area contributed by atoms with Gasteiger partial charge < -0.3 is 29.6 Å². The van der Waals surface area contributed by atoms with Gasteiger partial charge in [0.1, 0.15) is 17.7 Å². The molecule has 53 heavy (non-hydrogen) atoms. The number of halogens is 3. The number of amides is 1. The van der Waals surface area contributed by atoms with Gasteiger partial charge in [-0.05, 0) is 62.2 Å². The van der Waals surface area contributed by atoms with E-state index >= 15 is 0 Å². The first-order chi connectivity index (χ1) is 24.4. The van der Waals surface area contributed by atoms with E-state index in [1.54, 1.807) is 79.7 Å². The summed E-state index contributed by atoms with van der Waals surface area (Å²) in [6.45, 7) is 2.64. The van der Waals surface area contributed by atoms with Gasteiger partial charge in [0, 0.05) is 18.7 Å². The van der Waals surface area contributed by atoms with Crippen molar-refractivity contribution in [2.75, 3.05) is 50.1 Å². The second-order valence-electron chi connectivity index (χ2n) is 11.6. The van der Waals surface area contributed by atoms with Crippen molar-refractivity contribution in [1.82, 2.24) is 4.90 Å². The Morgan fingerprint density at radius 3 is 2.36 bits per heavy atom. The smallest absolute Gasteiger partial charge is 0.438 e. The molecular formula is C36H43Cl3N4O9S. The Labute approximate surface area is 326 Å². The van der Waals surface area contributed by atoms with Gasteiger partial charge in [-0.15, -0.1) is 24.8 Å². The fourth-order valence-electron chi connectivity index (χ4n) is 5.07. The quantitative estimate of drug-likeness (QED) is 0.0872. The predicted molar refractivity (Wildman–Crippen MR) is 209 cm³/mol. The van der Waals surface area contributed by atoms with Gasteiger partial charge in [0.15, 0.2) is 5.75 Å². The molecule has 0 radical (unpaired) electrons. The average molecular weight is 814 g/mol. The fraction of sp³-hybridized carbons (Fsp3) is 0.333. The van der Waals surface area contributed by atoms with E-state index in [4.69, 9.17) is 36.3 Å². The van der Waals surface area contributed by atoms with Crippen LogP contribution in [0.1, 0.15) is 36.5 Å². The number of carbonyl (C=O) groups is 3. The summed E-state index contributed by atoms with van der Waals surface area (Å²) >= 11 is 6.57. The highest BCUT2D eigenvalue weighted by Crippen LogP contribution is 2.32. The maximum atomic E-state index is 13.5. The van der Waals surface area contributed by atoms with Gasteiger partial charge in [0.05, 0.1) is 30.3 Å². The van der Waals surface area contributed by atoms with E-state index in [1.807, 2.05) is 6.07 Å². The largest absolute Gasteiger partial charge is 0.489 e. The summed E-state index contributed by atoms with van der Waals surface area (Å²) in [5, 5.41) is 0.234. The maximum absolute atomic E-state index is 13.5. The minimum absolute atomic E-state index is 0. The Morgan fingerprint density at radius 2 is 1.68 bits per heavy atom. The number of likely N-dealkylation sites (tertiary alicyclic amines) is 1. The Bertz CT molecular complexity index is 1840. The topological polar surface area (TPSA) is 167 Å². The number of ether oxygens (including phenoxy) is 4. The van der Waals surface area contributed by atoms with Crippen LogP contribution in [0.5, 0.6) is 5.75 Å². The monoisotopic (exact) mass is 812 g/mol. The fourth-order valence-corrected chi connectivity index (χ4v) is 6.58. The van der Waals surface area contributed by atoms with Crippen LogP contribution in [-0.4, -0.2) is 89.1 Å². The molecule has 4 rings (SSSR count). The SMILES string of the molecule is CCOC(=O)CS(=O)(=O)N(C/C=C/c1cccc(/C(N)=N/C(=O)OCOC(=O)Cc2ccccc2)c1)c1ccc(OC2CCN(C)CC2)c(Cl)c1.Cl.Cl. The highest BCUT2D eigenvalue weighted by atomic mass is 35.5. The first kappa shape index (κ1) is 44.8. The van der Waals surface area contributed by atoms with Crippen LogP contribution in [0.4, 0.5) is 10.5 Å². The molecule has 0 bridgehead atoms. The number of nitrogens with two attached hydrogens (primary N) is 1. The lowest BCUT2D eigenvalue weighted by Crippen LogP contribution is -2.36. The van der Waals surface area contributed by atoms with Crippen molar-refractivity contribution in [3.8, 4) is 5.75 Å². The number of anilines is 1. The molecule has 13 nitrogen and oxygen atoms in total. The summed E-state index contributed by atoms with van der Waals surface area (Å²) in [4.78, 5) is 42.3. The number of amidine groups is 1. The molecule has 0 aliphatic carbocycles. The molecular weight excluding hydrogens is 771 g/mol. The minimum Gasteiger partial charge on any atom is -0.489 e. The number of aliphatic imine (C=N–C) groups is 1. The van der Waals surface area contributed by atoms with E-state index in [-0.39, 0.29) is 67.0 Å². The summed E-state index contributed by atoms with van der Waals surface area (Å²) in [6, 6.07) is 20.3. The van der Waals surface area contributed by atoms with Gasteiger partial charge >= 0.3 is 18.0 Å². The van der Waals surface area contributed by atoms with E-state index in [2.05, 4.69) is 16.9 Å². The molecule has 0 spiro atoms. The Morgan fingerprint density at radius 1 is 0.962 bits per heavy atom. The molecule has 3 aromatic rings. The zero-order chi connectivity index (χ0) is 36.8. The predicted octanol–water partition coefficient (Wildman–Crippen LogP) is 5.65. The van der Waals surface area contributed by atoms with E-state index in [1.165, 1.54) is 6.07 Å². The van der Waals surface area contributed by atoms with Crippen molar-refractivity contribution in [2.45, 2.75) is 32.3 Å². The highest BCUT2D eigenvalue weighted by molar-refractivity contribution is 7.93. The first-order valence-corrected chi connectivity index (χ1v) is 18.2. The lowest BCUT2D eigenvalue weighted by molar-refractivity contribution is -0.150. The van der Waals surface area contributed by atoms with Crippen LogP contribution in [0.2, 0.25) is 5.02 Å². The lowest BCUT2D eigenvalue weighted by Gasteiger charge is -2.30. The number of carbonyl (C=O) groups excluding carboxylic acids is 3. The number of hydrogen-bond acceptors (Lipinski definition) is 10. The maximum Gasteiger partial charge on any atom is 0.438 e. The zero-order valence-corrected chi connectivity index (χ0v) is 32.4. The summed E-state index contributed by atoms with van der Waals surface area (Å²) in [5.74, 6) is -2.04. The van der Waals surface area contributed by atoms with E-state index in [0.717, 1.165) is 35.8 Å². The van der Waals surface area contributed by atoms with Crippen LogP contribution in [0.3, 0.4) is 0 Å². The van der Waals surface area contributed by atoms with Crippen LogP contribution in [-0.2, 0) is 40.2 Å². The van der Waals surface area contributed by atoms with Gasteiger partial charge in [0.25, 0.3) is 0 Å². The summed E-state index contributed by atoms with van der Waals surface area (Å²) in [5.41, 5.74) is 8.01. The Balaban J connectivity index is 0.00000486. The molecule has 0 unspecified atom stereocenters. The molecule has 0 atom stereocenters. The van der Waals surface area contributed by atoms with E-state index in [9.17, 15) is 22.8 Å². The summed E-state index contributed by atoms with van der Waals surface area (Å²) in [6.07, 6.45) is 3.88. The van der Waals surface area contributed by atoms with Crippen molar-refractivity contribution in [3.05, 3.63) is 101 Å². The van der Waals surface area contributed by atoms with Crippen molar-refractivity contribution >= 4 is 82.1 Å². The second-order valence-corrected chi connectivity index (χ2v) is 13.9. The normalized spacial score (nSPS) is 13.7. The number of hydrogen-bond donors (Lipinski definition) is 1. The van der Waals surface area contributed by atoms with Crippen molar-refractivity contribution in [2.24, 2.45) is 10.7 Å². The number of sulfonamides is 1. The van der Waals surface area contributed by atoms with Crippen LogP contribution in [0.25, 0.3) is 6.08 Å². The van der Waals surface area contributed by atoms with Crippen molar-refractivity contribution in [1.29, 1.82) is 0 Å². The molecule has 1 aliphatic rings. The van der Waals surface area contributed by atoms with Gasteiger partial charge in [0.2, 0.25) is 16.8 Å². The molecule has 1 aliphatic heterocycles. The number of esters is 2. The van der Waals surface area contributed by atoms with Gasteiger partial charge in [-0.2, -0.15) is 4.99 Å². The van der Waals surface area contributed by atoms with Crippen LogP contribution in [0, 0.1) is 0 Å². The number of nitrogens with zero attached hydrogens (tertiary/aromatic N) is 3. The number of rotatable bonds is 15. The number of benzene rings is 3. The molecule has 2 N–H and O–H groups in total. The van der Waals surface area contributed by atoms with E-state index < -0.39 is 40.6 Å². The Hall–Kier alpha value is -4.34. The standard InChI is InChI=1S/C36H41ClN4O9S.2ClH/c1-3-47-34(43)24-51(45,46)41(29-14-15-32(31(37)23-29)50-30-16-19-40(2)20-17-30)18-8-12-26-11-7-13-28(21-26)35(38)39-36(44)49-25-48-33(42)22-27-9-5-4-6-10-27;;/h4-15,21,23,30H,3,16-20,22,24-25H2,1-2H3,(H2,38,39,44);2*1H/b12-8+;;. The molecule has 1 heterocycles. The summed E-state index contributed by atoms with van der Waals surface area (Å²) in [7, 11) is -2.15. The van der Waals surface area contributed by atoms with Crippen LogP contribution in [0.15, 0.2) is 83.9 Å². The molecule has 0 saturated carbocycles. The van der Waals surface area contributed by atoms with Gasteiger partial charge in [-0.3, -0.25) is 13.9 Å². The summed E-state index contributed by atoms with van der Waals surface area (Å²) < 4.78 is 48.8. The molecule has 288 valence electrons. The lowest BCUT2D eigenvalue weighted by atomic mass is 10.1. The minimum atomic E-state index is -4.20. The van der Waals surface area contributed by atoms with Gasteiger partial charge in [-0.25, -0.2) is 13.2 Å².